The van der Waals surface area contributed by atoms with Crippen molar-refractivity contribution in [3.05, 3.63) is 66.0 Å². The minimum absolute atomic E-state index is 0.317. The molecular formula is C22H23N7. The number of fused-ring (bicyclic) bond motifs is 1. The van der Waals surface area contributed by atoms with Crippen molar-refractivity contribution in [2.24, 2.45) is 0 Å². The molecule has 7 nitrogen and oxygen atoms in total. The quantitative estimate of drug-likeness (QED) is 0.537. The van der Waals surface area contributed by atoms with Crippen molar-refractivity contribution in [3.63, 3.8) is 0 Å². The van der Waals surface area contributed by atoms with Crippen LogP contribution < -0.4 is 4.90 Å². The van der Waals surface area contributed by atoms with Gasteiger partial charge < -0.3 is 4.90 Å². The van der Waals surface area contributed by atoms with Crippen molar-refractivity contribution in [1.29, 1.82) is 0 Å². The standard InChI is InChI=1S/C22H23N7/c1-15-16(2)24-20(17-7-5-10-23-13-17)25-21(15)28-11-6-8-18(14-28)22-27-26-19-9-3-4-12-29(19)22/h3-5,7,9-10,12-13,18H,6,8,11,14H2,1-2H3. The first-order chi connectivity index (χ1) is 14.2. The summed E-state index contributed by atoms with van der Waals surface area (Å²) in [6.07, 6.45) is 7.82. The summed E-state index contributed by atoms with van der Waals surface area (Å²) in [7, 11) is 0. The van der Waals surface area contributed by atoms with Crippen LogP contribution in [0.1, 0.15) is 35.8 Å². The second-order valence-corrected chi connectivity index (χ2v) is 7.60. The summed E-state index contributed by atoms with van der Waals surface area (Å²) in [5.74, 6) is 3.08. The van der Waals surface area contributed by atoms with Crippen molar-refractivity contribution < 1.29 is 0 Å². The number of rotatable bonds is 3. The lowest BCUT2D eigenvalue weighted by molar-refractivity contribution is 0.485. The van der Waals surface area contributed by atoms with E-state index >= 15 is 0 Å². The SMILES string of the molecule is Cc1nc(-c2cccnc2)nc(N2CCCC(c3nnc4ccccn34)C2)c1C. The van der Waals surface area contributed by atoms with Crippen LogP contribution in [0, 0.1) is 13.8 Å². The molecule has 4 aromatic rings. The zero-order valence-corrected chi connectivity index (χ0v) is 16.7. The lowest BCUT2D eigenvalue weighted by Gasteiger charge is -2.34. The minimum atomic E-state index is 0.317. The maximum Gasteiger partial charge on any atom is 0.163 e. The normalized spacial score (nSPS) is 17.0. The van der Waals surface area contributed by atoms with Crippen LogP contribution in [0.4, 0.5) is 5.82 Å². The Balaban J connectivity index is 1.50. The van der Waals surface area contributed by atoms with Gasteiger partial charge in [-0.2, -0.15) is 0 Å². The van der Waals surface area contributed by atoms with Crippen LogP contribution in [0.15, 0.2) is 48.9 Å². The van der Waals surface area contributed by atoms with Crippen LogP contribution in [0.5, 0.6) is 0 Å². The van der Waals surface area contributed by atoms with Gasteiger partial charge in [0.1, 0.15) is 11.6 Å². The first kappa shape index (κ1) is 17.7. The lowest BCUT2D eigenvalue weighted by atomic mass is 9.96. The third-order valence-electron chi connectivity index (χ3n) is 5.71. The topological polar surface area (TPSA) is 72.1 Å². The molecule has 5 heterocycles. The predicted molar refractivity (Wildman–Crippen MR) is 112 cm³/mol. The predicted octanol–water partition coefficient (Wildman–Crippen LogP) is 3.58. The molecule has 0 spiro atoms. The van der Waals surface area contributed by atoms with E-state index in [0.717, 1.165) is 65.9 Å². The van der Waals surface area contributed by atoms with Crippen LogP contribution >= 0.6 is 0 Å². The molecule has 1 unspecified atom stereocenters. The molecule has 29 heavy (non-hydrogen) atoms. The highest BCUT2D eigenvalue weighted by molar-refractivity contribution is 5.59. The van der Waals surface area contributed by atoms with E-state index < -0.39 is 0 Å². The molecule has 1 aliphatic heterocycles. The molecule has 0 N–H and O–H groups in total. The second-order valence-electron chi connectivity index (χ2n) is 7.60. The van der Waals surface area contributed by atoms with E-state index in [4.69, 9.17) is 9.97 Å². The van der Waals surface area contributed by atoms with E-state index in [0.29, 0.717) is 5.92 Å². The van der Waals surface area contributed by atoms with Crippen molar-refractivity contribution in [1.82, 2.24) is 29.5 Å². The van der Waals surface area contributed by atoms with Gasteiger partial charge in [0.2, 0.25) is 0 Å². The Kier molecular flexibility index (Phi) is 4.42. The van der Waals surface area contributed by atoms with E-state index in [1.165, 1.54) is 0 Å². The number of aryl methyl sites for hydroxylation is 1. The Bertz CT molecular complexity index is 1150. The summed E-state index contributed by atoms with van der Waals surface area (Å²) in [5, 5.41) is 8.84. The van der Waals surface area contributed by atoms with Crippen molar-refractivity contribution >= 4 is 11.5 Å². The van der Waals surface area contributed by atoms with Crippen LogP contribution in [0.2, 0.25) is 0 Å². The number of nitrogens with zero attached hydrogens (tertiary/aromatic N) is 7. The number of anilines is 1. The number of hydrogen-bond donors (Lipinski definition) is 0. The molecule has 0 aromatic carbocycles. The fraction of sp³-hybridized carbons (Fsp3) is 0.318. The maximum atomic E-state index is 4.94. The molecule has 1 fully saturated rings. The molecule has 0 aliphatic carbocycles. The highest BCUT2D eigenvalue weighted by atomic mass is 15.3. The zero-order valence-electron chi connectivity index (χ0n) is 16.7. The van der Waals surface area contributed by atoms with Gasteiger partial charge in [0.05, 0.1) is 0 Å². The summed E-state index contributed by atoms with van der Waals surface area (Å²) in [6, 6.07) is 9.94. The molecule has 0 amide bonds. The Morgan fingerprint density at radius 2 is 1.97 bits per heavy atom. The van der Waals surface area contributed by atoms with Gasteiger partial charge in [-0.05, 0) is 51.0 Å². The second kappa shape index (κ2) is 7.24. The molecule has 0 bridgehead atoms. The largest absolute Gasteiger partial charge is 0.356 e. The molecule has 0 saturated carbocycles. The lowest BCUT2D eigenvalue weighted by Crippen LogP contribution is -2.36. The summed E-state index contributed by atoms with van der Waals surface area (Å²) in [4.78, 5) is 16.2. The average Bonchev–Trinajstić information content (AvgIpc) is 3.20. The van der Waals surface area contributed by atoms with Crippen molar-refractivity contribution in [2.45, 2.75) is 32.6 Å². The first-order valence-corrected chi connectivity index (χ1v) is 10.0. The molecule has 1 atom stereocenters. The molecule has 1 saturated heterocycles. The Morgan fingerprint density at radius 1 is 1.03 bits per heavy atom. The van der Waals surface area contributed by atoms with Gasteiger partial charge in [-0.1, -0.05) is 6.07 Å². The van der Waals surface area contributed by atoms with Gasteiger partial charge in [-0.25, -0.2) is 9.97 Å². The zero-order chi connectivity index (χ0) is 19.8. The van der Waals surface area contributed by atoms with Gasteiger partial charge in [-0.3, -0.25) is 9.38 Å². The molecule has 146 valence electrons. The van der Waals surface area contributed by atoms with Crippen molar-refractivity contribution in [2.75, 3.05) is 18.0 Å². The smallest absolute Gasteiger partial charge is 0.163 e. The maximum absolute atomic E-state index is 4.94. The Hall–Kier alpha value is -3.35. The van der Waals surface area contributed by atoms with E-state index in [2.05, 4.69) is 31.4 Å². The van der Waals surface area contributed by atoms with E-state index in [1.54, 1.807) is 6.20 Å². The van der Waals surface area contributed by atoms with Gasteiger partial charge in [-0.15, -0.1) is 10.2 Å². The summed E-state index contributed by atoms with van der Waals surface area (Å²) in [6.45, 7) is 6.01. The third-order valence-corrected chi connectivity index (χ3v) is 5.71. The Morgan fingerprint density at radius 3 is 2.83 bits per heavy atom. The molecule has 5 rings (SSSR count). The number of hydrogen-bond acceptors (Lipinski definition) is 6. The molecule has 0 radical (unpaired) electrons. The average molecular weight is 385 g/mol. The van der Waals surface area contributed by atoms with Gasteiger partial charge in [0.25, 0.3) is 0 Å². The van der Waals surface area contributed by atoms with Gasteiger partial charge in [0.15, 0.2) is 11.5 Å². The van der Waals surface area contributed by atoms with E-state index in [1.807, 2.05) is 49.6 Å². The first-order valence-electron chi connectivity index (χ1n) is 10.0. The molecule has 7 heteroatoms. The highest BCUT2D eigenvalue weighted by Crippen LogP contribution is 2.31. The van der Waals surface area contributed by atoms with Crippen LogP contribution in [-0.4, -0.2) is 42.6 Å². The molecule has 4 aromatic heterocycles. The Labute approximate surface area is 169 Å². The number of piperidine rings is 1. The fourth-order valence-corrected chi connectivity index (χ4v) is 4.06. The number of aromatic nitrogens is 6. The van der Waals surface area contributed by atoms with Crippen molar-refractivity contribution in [3.8, 4) is 11.4 Å². The van der Waals surface area contributed by atoms with Crippen LogP contribution in [-0.2, 0) is 0 Å². The van der Waals surface area contributed by atoms with Crippen LogP contribution in [0.25, 0.3) is 17.0 Å². The van der Waals surface area contributed by atoms with Crippen LogP contribution in [0.3, 0.4) is 0 Å². The molecule has 1 aliphatic rings. The number of pyridine rings is 2. The fourth-order valence-electron chi connectivity index (χ4n) is 4.06. The monoisotopic (exact) mass is 385 g/mol. The third kappa shape index (κ3) is 3.22. The van der Waals surface area contributed by atoms with E-state index in [9.17, 15) is 0 Å². The minimum Gasteiger partial charge on any atom is -0.356 e. The van der Waals surface area contributed by atoms with Gasteiger partial charge in [0, 0.05) is 54.4 Å². The summed E-state index contributed by atoms with van der Waals surface area (Å²) in [5.41, 5.74) is 3.97. The van der Waals surface area contributed by atoms with E-state index in [-0.39, 0.29) is 0 Å². The summed E-state index contributed by atoms with van der Waals surface area (Å²) >= 11 is 0. The summed E-state index contributed by atoms with van der Waals surface area (Å²) < 4.78 is 2.10. The highest BCUT2D eigenvalue weighted by Gasteiger charge is 2.27. The molecular weight excluding hydrogens is 362 g/mol. The van der Waals surface area contributed by atoms with Gasteiger partial charge >= 0.3 is 0 Å².